The van der Waals surface area contributed by atoms with Crippen molar-refractivity contribution in [3.63, 3.8) is 0 Å². The second kappa shape index (κ2) is 12.6. The molecule has 2 amide bonds. The fourth-order valence-corrected chi connectivity index (χ4v) is 4.85. The first-order valence-electron chi connectivity index (χ1n) is 11.9. The van der Waals surface area contributed by atoms with Gasteiger partial charge in [0.25, 0.3) is 5.91 Å². The van der Waals surface area contributed by atoms with E-state index in [-0.39, 0.29) is 11.8 Å². The fraction of sp³-hybridized carbons (Fsp3) is 0.214. The lowest BCUT2D eigenvalue weighted by molar-refractivity contribution is -0.118. The molecule has 0 spiro atoms. The van der Waals surface area contributed by atoms with Crippen molar-refractivity contribution < 1.29 is 9.59 Å². The molecule has 4 aromatic rings. The number of carbonyl (C=O) groups excluding carboxylic acids is 2. The lowest BCUT2D eigenvalue weighted by Crippen LogP contribution is -2.45. The van der Waals surface area contributed by atoms with Crippen LogP contribution in [0, 0.1) is 0 Å². The summed E-state index contributed by atoms with van der Waals surface area (Å²) >= 11 is 4.74. The van der Waals surface area contributed by atoms with E-state index >= 15 is 0 Å². The maximum absolute atomic E-state index is 13.3. The van der Waals surface area contributed by atoms with Gasteiger partial charge in [0.1, 0.15) is 11.0 Å². The highest BCUT2D eigenvalue weighted by Crippen LogP contribution is 2.28. The van der Waals surface area contributed by atoms with Crippen LogP contribution in [-0.2, 0) is 17.6 Å². The number of hydrogen-bond donors (Lipinski definition) is 2. The highest BCUT2D eigenvalue weighted by Gasteiger charge is 2.23. The minimum atomic E-state index is -0.780. The zero-order valence-corrected chi connectivity index (χ0v) is 22.3. The number of anilines is 1. The molecule has 0 bridgehead atoms. The molecule has 8 heteroatoms. The molecule has 3 aromatic carbocycles. The first kappa shape index (κ1) is 25.7. The van der Waals surface area contributed by atoms with Crippen LogP contribution in [0.4, 0.5) is 5.13 Å². The number of carbonyl (C=O) groups is 2. The van der Waals surface area contributed by atoms with Crippen LogP contribution < -0.4 is 10.6 Å². The molecule has 0 saturated heterocycles. The predicted molar refractivity (Wildman–Crippen MR) is 148 cm³/mol. The third kappa shape index (κ3) is 7.08. The normalized spacial score (nSPS) is 11.6. The van der Waals surface area contributed by atoms with E-state index in [0.29, 0.717) is 22.1 Å². The van der Waals surface area contributed by atoms with E-state index in [9.17, 15) is 9.59 Å². The molecule has 1 atom stereocenters. The molecule has 2 N–H and O–H groups in total. The van der Waals surface area contributed by atoms with Gasteiger partial charge in [-0.25, -0.2) is 0 Å². The van der Waals surface area contributed by atoms with E-state index in [1.165, 1.54) is 16.9 Å². The van der Waals surface area contributed by atoms with Gasteiger partial charge in [-0.05, 0) is 48.2 Å². The average molecular weight is 564 g/mol. The minimum Gasteiger partial charge on any atom is -0.340 e. The number of nitrogens with one attached hydrogen (secondary N) is 2. The van der Waals surface area contributed by atoms with Crippen LogP contribution in [0.5, 0.6) is 0 Å². The SMILES string of the molecule is CCCCc1ccc(C(=O)N[C@H](Cc2ccccc2)C(=O)Nc2nnc(-c3cccc(Br)c3)s2)cc1. The number of halogens is 1. The number of aryl methyl sites for hydroxylation is 1. The summed E-state index contributed by atoms with van der Waals surface area (Å²) in [6, 6.07) is 24.1. The molecule has 4 rings (SSSR count). The highest BCUT2D eigenvalue weighted by molar-refractivity contribution is 9.10. The summed E-state index contributed by atoms with van der Waals surface area (Å²) in [4.78, 5) is 26.3. The maximum atomic E-state index is 13.3. The molecule has 1 heterocycles. The van der Waals surface area contributed by atoms with Crippen LogP contribution in [-0.4, -0.2) is 28.1 Å². The summed E-state index contributed by atoms with van der Waals surface area (Å²) in [5, 5.41) is 15.2. The van der Waals surface area contributed by atoms with E-state index in [0.717, 1.165) is 34.9 Å². The van der Waals surface area contributed by atoms with Crippen LogP contribution in [0.2, 0.25) is 0 Å². The van der Waals surface area contributed by atoms with Gasteiger partial charge >= 0.3 is 0 Å². The molecule has 0 aliphatic heterocycles. The van der Waals surface area contributed by atoms with E-state index < -0.39 is 6.04 Å². The van der Waals surface area contributed by atoms with Crippen LogP contribution in [0.3, 0.4) is 0 Å². The number of aromatic nitrogens is 2. The first-order chi connectivity index (χ1) is 17.5. The van der Waals surface area contributed by atoms with Gasteiger partial charge in [0, 0.05) is 22.0 Å². The van der Waals surface area contributed by atoms with E-state index in [2.05, 4.69) is 43.7 Å². The first-order valence-corrected chi connectivity index (χ1v) is 13.5. The molecule has 6 nitrogen and oxygen atoms in total. The Morgan fingerprint density at radius 3 is 2.44 bits per heavy atom. The van der Waals surface area contributed by atoms with Crippen LogP contribution in [0.1, 0.15) is 41.3 Å². The van der Waals surface area contributed by atoms with Crippen molar-refractivity contribution in [2.75, 3.05) is 5.32 Å². The molecule has 0 unspecified atom stereocenters. The van der Waals surface area contributed by atoms with Gasteiger partial charge in [-0.15, -0.1) is 10.2 Å². The standard InChI is InChI=1S/C28H27BrN4O2S/c1-2-3-8-19-13-15-21(16-14-19)25(34)30-24(17-20-9-5-4-6-10-20)26(35)31-28-33-32-27(36-28)22-11-7-12-23(29)18-22/h4-7,9-16,18,24H,2-3,8,17H2,1H3,(H,30,34)(H,31,33,35)/t24-/m1/s1. The Hall–Kier alpha value is -3.36. The number of amides is 2. The van der Waals surface area contributed by atoms with Crippen LogP contribution in [0.15, 0.2) is 83.3 Å². The molecular formula is C28H27BrN4O2S. The van der Waals surface area contributed by atoms with Crippen LogP contribution >= 0.6 is 27.3 Å². The predicted octanol–water partition coefficient (Wildman–Crippen LogP) is 6.29. The van der Waals surface area contributed by atoms with Crippen molar-refractivity contribution in [2.24, 2.45) is 0 Å². The van der Waals surface area contributed by atoms with E-state index in [1.54, 1.807) is 0 Å². The Balaban J connectivity index is 1.48. The monoisotopic (exact) mass is 562 g/mol. The van der Waals surface area contributed by atoms with Gasteiger partial charge in [-0.3, -0.25) is 14.9 Å². The topological polar surface area (TPSA) is 84.0 Å². The van der Waals surface area contributed by atoms with Crippen molar-refractivity contribution in [2.45, 2.75) is 38.6 Å². The lowest BCUT2D eigenvalue weighted by atomic mass is 10.0. The number of nitrogens with zero attached hydrogens (tertiary/aromatic N) is 2. The molecule has 0 aliphatic rings. The summed E-state index contributed by atoms with van der Waals surface area (Å²) < 4.78 is 0.935. The van der Waals surface area contributed by atoms with E-state index in [4.69, 9.17) is 0 Å². The van der Waals surface area contributed by atoms with Gasteiger partial charge in [0.05, 0.1) is 0 Å². The largest absolute Gasteiger partial charge is 0.340 e. The second-order valence-electron chi connectivity index (χ2n) is 8.43. The molecule has 0 fully saturated rings. The zero-order valence-electron chi connectivity index (χ0n) is 19.9. The Bertz CT molecular complexity index is 1310. The van der Waals surface area contributed by atoms with Crippen molar-refractivity contribution in [1.82, 2.24) is 15.5 Å². The summed E-state index contributed by atoms with van der Waals surface area (Å²) in [6.07, 6.45) is 3.57. The Morgan fingerprint density at radius 2 is 1.72 bits per heavy atom. The number of unbranched alkanes of at least 4 members (excludes halogenated alkanes) is 1. The lowest BCUT2D eigenvalue weighted by Gasteiger charge is -2.18. The highest BCUT2D eigenvalue weighted by atomic mass is 79.9. The zero-order chi connectivity index (χ0) is 25.3. The maximum Gasteiger partial charge on any atom is 0.251 e. The third-order valence-electron chi connectivity index (χ3n) is 5.67. The number of benzene rings is 3. The summed E-state index contributed by atoms with van der Waals surface area (Å²) in [6.45, 7) is 2.16. The average Bonchev–Trinajstić information content (AvgIpc) is 3.36. The van der Waals surface area contributed by atoms with Gasteiger partial charge < -0.3 is 5.32 Å². The molecule has 0 aliphatic carbocycles. The molecule has 0 saturated carbocycles. The molecule has 1 aromatic heterocycles. The smallest absolute Gasteiger partial charge is 0.251 e. The van der Waals surface area contributed by atoms with Gasteiger partial charge in [-0.2, -0.15) is 0 Å². The van der Waals surface area contributed by atoms with Crippen molar-refractivity contribution in [3.05, 3.63) is 100 Å². The van der Waals surface area contributed by atoms with E-state index in [1.807, 2.05) is 78.9 Å². The summed E-state index contributed by atoms with van der Waals surface area (Å²) in [7, 11) is 0. The minimum absolute atomic E-state index is 0.291. The quantitative estimate of drug-likeness (QED) is 0.238. The Morgan fingerprint density at radius 1 is 0.944 bits per heavy atom. The van der Waals surface area contributed by atoms with Gasteiger partial charge in [0.15, 0.2) is 0 Å². The van der Waals surface area contributed by atoms with Crippen molar-refractivity contribution in [3.8, 4) is 10.6 Å². The van der Waals surface area contributed by atoms with Crippen molar-refractivity contribution >= 4 is 44.2 Å². The van der Waals surface area contributed by atoms with Crippen molar-refractivity contribution in [1.29, 1.82) is 0 Å². The molecule has 36 heavy (non-hydrogen) atoms. The molecule has 184 valence electrons. The number of rotatable bonds is 10. The molecular weight excluding hydrogens is 536 g/mol. The fourth-order valence-electron chi connectivity index (χ4n) is 3.71. The summed E-state index contributed by atoms with van der Waals surface area (Å²) in [5.74, 6) is -0.635. The third-order valence-corrected chi connectivity index (χ3v) is 7.05. The number of hydrogen-bond acceptors (Lipinski definition) is 5. The summed E-state index contributed by atoms with van der Waals surface area (Å²) in [5.41, 5.74) is 3.57. The Labute approximate surface area is 223 Å². The van der Waals surface area contributed by atoms with Gasteiger partial charge in [0.2, 0.25) is 11.0 Å². The van der Waals surface area contributed by atoms with Crippen LogP contribution in [0.25, 0.3) is 10.6 Å². The molecule has 0 radical (unpaired) electrons. The Kier molecular flexibility index (Phi) is 8.97. The van der Waals surface area contributed by atoms with Gasteiger partial charge in [-0.1, -0.05) is 95.2 Å². The second-order valence-corrected chi connectivity index (χ2v) is 10.3.